The zero-order valence-electron chi connectivity index (χ0n) is 23.3. The summed E-state index contributed by atoms with van der Waals surface area (Å²) in [7, 11) is 0. The molecule has 190 valence electrons. The molecule has 0 N–H and O–H groups in total. The second-order valence-electron chi connectivity index (χ2n) is 9.67. The lowest BCUT2D eigenvalue weighted by molar-refractivity contribution is 0.196. The Hall–Kier alpha value is -0.0800. The van der Waals surface area contributed by atoms with Crippen molar-refractivity contribution in [2.45, 2.75) is 157 Å². The van der Waals surface area contributed by atoms with E-state index in [1.54, 1.807) is 0 Å². The van der Waals surface area contributed by atoms with Crippen molar-refractivity contribution < 1.29 is 0 Å². The molecule has 2 heteroatoms. The summed E-state index contributed by atoms with van der Waals surface area (Å²) in [6.45, 7) is 22.7. The molecular formula is C29H64N2. The van der Waals surface area contributed by atoms with Crippen LogP contribution in [0.1, 0.15) is 151 Å². The van der Waals surface area contributed by atoms with Gasteiger partial charge in [-0.2, -0.15) is 0 Å². The average Bonchev–Trinajstić information content (AvgIpc) is 2.79. The van der Waals surface area contributed by atoms with Gasteiger partial charge in [0.1, 0.15) is 0 Å². The smallest absolute Gasteiger partial charge is 0.00643 e. The van der Waals surface area contributed by atoms with Gasteiger partial charge in [0, 0.05) is 6.04 Å². The molecule has 0 aromatic carbocycles. The van der Waals surface area contributed by atoms with Crippen molar-refractivity contribution in [3.63, 3.8) is 0 Å². The average molecular weight is 441 g/mol. The van der Waals surface area contributed by atoms with E-state index in [1.807, 2.05) is 0 Å². The monoisotopic (exact) mass is 441 g/mol. The highest BCUT2D eigenvalue weighted by atomic mass is 15.1. The van der Waals surface area contributed by atoms with Crippen LogP contribution in [0.25, 0.3) is 0 Å². The maximum Gasteiger partial charge on any atom is 0.00643 e. The van der Waals surface area contributed by atoms with Crippen molar-refractivity contribution in [2.24, 2.45) is 0 Å². The Bertz CT molecular complexity index is 297. The lowest BCUT2D eigenvalue weighted by atomic mass is 10.1. The molecule has 0 radical (unpaired) electrons. The number of hydrogen-bond donors (Lipinski definition) is 0. The minimum Gasteiger partial charge on any atom is -0.303 e. The van der Waals surface area contributed by atoms with Crippen LogP contribution in [0.4, 0.5) is 0 Å². The second kappa shape index (κ2) is 28.0. The summed E-state index contributed by atoms with van der Waals surface area (Å²) < 4.78 is 0. The fourth-order valence-electron chi connectivity index (χ4n) is 3.95. The molecule has 0 fully saturated rings. The van der Waals surface area contributed by atoms with Crippen LogP contribution in [0.2, 0.25) is 0 Å². The molecule has 0 aliphatic carbocycles. The van der Waals surface area contributed by atoms with Crippen LogP contribution in [-0.4, -0.2) is 48.6 Å². The molecule has 0 bridgehead atoms. The molecule has 0 spiro atoms. The van der Waals surface area contributed by atoms with E-state index in [0.717, 1.165) is 6.04 Å². The van der Waals surface area contributed by atoms with Crippen LogP contribution in [-0.2, 0) is 0 Å². The molecule has 31 heavy (non-hydrogen) atoms. The van der Waals surface area contributed by atoms with E-state index >= 15 is 0 Å². The SMILES string of the molecule is CCCCCCCCN(CCCC)C(C)CC.CCCCCN(CCCC)CCCC. The van der Waals surface area contributed by atoms with Crippen LogP contribution in [0, 0.1) is 0 Å². The molecule has 0 saturated carbocycles. The van der Waals surface area contributed by atoms with Crippen LogP contribution in [0.3, 0.4) is 0 Å². The topological polar surface area (TPSA) is 6.48 Å². The van der Waals surface area contributed by atoms with Crippen molar-refractivity contribution in [3.8, 4) is 0 Å². The Morgan fingerprint density at radius 1 is 0.419 bits per heavy atom. The first-order valence-electron chi connectivity index (χ1n) is 14.6. The van der Waals surface area contributed by atoms with Gasteiger partial charge in [0.15, 0.2) is 0 Å². The molecule has 2 nitrogen and oxygen atoms in total. The lowest BCUT2D eigenvalue weighted by Crippen LogP contribution is -2.34. The van der Waals surface area contributed by atoms with E-state index in [2.05, 4.69) is 58.3 Å². The minimum absolute atomic E-state index is 0.775. The van der Waals surface area contributed by atoms with Gasteiger partial charge in [-0.15, -0.1) is 0 Å². The molecule has 0 aromatic rings. The summed E-state index contributed by atoms with van der Waals surface area (Å²) in [5, 5.41) is 0. The summed E-state index contributed by atoms with van der Waals surface area (Å²) in [6.07, 6.45) is 22.0. The van der Waals surface area contributed by atoms with Crippen LogP contribution in [0.5, 0.6) is 0 Å². The van der Waals surface area contributed by atoms with E-state index in [1.165, 1.54) is 135 Å². The first kappa shape index (κ1) is 33.1. The third-order valence-corrected chi connectivity index (χ3v) is 6.55. The second-order valence-corrected chi connectivity index (χ2v) is 9.67. The van der Waals surface area contributed by atoms with Gasteiger partial charge in [-0.3, -0.25) is 0 Å². The van der Waals surface area contributed by atoms with Crippen molar-refractivity contribution in [2.75, 3.05) is 32.7 Å². The molecular weight excluding hydrogens is 376 g/mol. The van der Waals surface area contributed by atoms with E-state index < -0.39 is 0 Å². The Labute approximate surface area is 199 Å². The first-order valence-corrected chi connectivity index (χ1v) is 14.6. The highest BCUT2D eigenvalue weighted by Gasteiger charge is 2.10. The molecule has 0 aromatic heterocycles. The van der Waals surface area contributed by atoms with E-state index in [4.69, 9.17) is 0 Å². The normalized spacial score (nSPS) is 12.3. The molecule has 1 atom stereocenters. The Morgan fingerprint density at radius 3 is 1.29 bits per heavy atom. The van der Waals surface area contributed by atoms with Gasteiger partial charge in [0.25, 0.3) is 0 Å². The number of hydrogen-bond acceptors (Lipinski definition) is 2. The third-order valence-electron chi connectivity index (χ3n) is 6.55. The van der Waals surface area contributed by atoms with Gasteiger partial charge in [-0.1, -0.05) is 106 Å². The van der Waals surface area contributed by atoms with Gasteiger partial charge in [-0.05, 0) is 78.2 Å². The van der Waals surface area contributed by atoms with Crippen LogP contribution >= 0.6 is 0 Å². The maximum absolute atomic E-state index is 2.70. The fraction of sp³-hybridized carbons (Fsp3) is 1.00. The largest absolute Gasteiger partial charge is 0.303 e. The molecule has 0 rings (SSSR count). The third kappa shape index (κ3) is 24.4. The quantitative estimate of drug-likeness (QED) is 0.155. The number of rotatable bonds is 22. The zero-order valence-corrected chi connectivity index (χ0v) is 23.3. The predicted octanol–water partition coefficient (Wildman–Crippen LogP) is 9.33. The Morgan fingerprint density at radius 2 is 0.774 bits per heavy atom. The summed E-state index contributed by atoms with van der Waals surface area (Å²) in [5.41, 5.74) is 0. The molecule has 0 saturated heterocycles. The molecule has 0 aliphatic rings. The van der Waals surface area contributed by atoms with E-state index in [0.29, 0.717) is 0 Å². The van der Waals surface area contributed by atoms with E-state index in [9.17, 15) is 0 Å². The molecule has 0 amide bonds. The molecule has 1 unspecified atom stereocenters. The van der Waals surface area contributed by atoms with Gasteiger partial charge in [0.05, 0.1) is 0 Å². The summed E-state index contributed by atoms with van der Waals surface area (Å²) >= 11 is 0. The lowest BCUT2D eigenvalue weighted by Gasteiger charge is -2.28. The Kier molecular flexibility index (Phi) is 29.8. The highest BCUT2D eigenvalue weighted by Crippen LogP contribution is 2.10. The Balaban J connectivity index is 0. The maximum atomic E-state index is 2.70. The zero-order chi connectivity index (χ0) is 23.6. The van der Waals surface area contributed by atoms with E-state index in [-0.39, 0.29) is 0 Å². The summed E-state index contributed by atoms with van der Waals surface area (Å²) in [6, 6.07) is 0.775. The van der Waals surface area contributed by atoms with Crippen molar-refractivity contribution in [3.05, 3.63) is 0 Å². The van der Waals surface area contributed by atoms with Gasteiger partial charge < -0.3 is 9.80 Å². The van der Waals surface area contributed by atoms with Crippen LogP contribution < -0.4 is 0 Å². The number of unbranched alkanes of at least 4 members (excludes halogenated alkanes) is 10. The highest BCUT2D eigenvalue weighted by molar-refractivity contribution is 4.66. The summed E-state index contributed by atoms with van der Waals surface area (Å²) in [4.78, 5) is 5.35. The van der Waals surface area contributed by atoms with Crippen molar-refractivity contribution in [1.29, 1.82) is 0 Å². The van der Waals surface area contributed by atoms with Crippen LogP contribution in [0.15, 0.2) is 0 Å². The fourth-order valence-corrected chi connectivity index (χ4v) is 3.95. The van der Waals surface area contributed by atoms with Gasteiger partial charge in [-0.25, -0.2) is 0 Å². The van der Waals surface area contributed by atoms with Crippen molar-refractivity contribution in [1.82, 2.24) is 9.80 Å². The van der Waals surface area contributed by atoms with Gasteiger partial charge in [0.2, 0.25) is 0 Å². The minimum atomic E-state index is 0.775. The van der Waals surface area contributed by atoms with Crippen molar-refractivity contribution >= 4 is 0 Å². The predicted molar refractivity (Wildman–Crippen MR) is 145 cm³/mol. The molecule has 0 aliphatic heterocycles. The standard InChI is InChI=1S/C16H35N.C13H29N/c1-5-8-10-11-12-13-15-17(14-9-6-2)16(4)7-3;1-4-7-10-13-14(11-8-5-2)12-9-6-3/h16H,5-15H2,1-4H3;4-13H2,1-3H3. The van der Waals surface area contributed by atoms with Gasteiger partial charge >= 0.3 is 0 Å². The molecule has 0 heterocycles. The first-order chi connectivity index (χ1) is 15.1. The number of nitrogens with zero attached hydrogens (tertiary/aromatic N) is 2. The summed E-state index contributed by atoms with van der Waals surface area (Å²) in [5.74, 6) is 0.